The zero-order chi connectivity index (χ0) is 16.2. The summed E-state index contributed by atoms with van der Waals surface area (Å²) < 4.78 is 10.9. The lowest BCUT2D eigenvalue weighted by atomic mass is 10.1. The lowest BCUT2D eigenvalue weighted by molar-refractivity contribution is 0.242. The fraction of sp³-hybridized carbons (Fsp3) is 0.150. The van der Waals surface area contributed by atoms with E-state index in [1.54, 1.807) is 12.1 Å². The first-order valence-corrected chi connectivity index (χ1v) is 7.43. The normalized spacial score (nSPS) is 10.4. The largest absolute Gasteiger partial charge is 0.491 e. The van der Waals surface area contributed by atoms with Crippen molar-refractivity contribution in [3.63, 3.8) is 0 Å². The van der Waals surface area contributed by atoms with Crippen LogP contribution in [0.5, 0.6) is 5.75 Å². The van der Waals surface area contributed by atoms with E-state index in [4.69, 9.17) is 9.15 Å². The van der Waals surface area contributed by atoms with Gasteiger partial charge in [-0.1, -0.05) is 30.0 Å². The Morgan fingerprint density at radius 3 is 2.48 bits per heavy atom. The number of benzene rings is 2. The van der Waals surface area contributed by atoms with Crippen molar-refractivity contribution in [3.8, 4) is 17.6 Å². The van der Waals surface area contributed by atoms with Gasteiger partial charge in [0.2, 0.25) is 0 Å². The van der Waals surface area contributed by atoms with Crippen LogP contribution < -0.4 is 10.4 Å². The summed E-state index contributed by atoms with van der Waals surface area (Å²) in [6, 6.07) is 16.6. The maximum absolute atomic E-state index is 11.9. The van der Waals surface area contributed by atoms with Gasteiger partial charge in [-0.15, -0.1) is 0 Å². The summed E-state index contributed by atoms with van der Waals surface area (Å²) in [6.45, 7) is 3.96. The Bertz CT molecular complexity index is 938. The lowest BCUT2D eigenvalue weighted by Crippen LogP contribution is -2.05. The third-order valence-electron chi connectivity index (χ3n) is 3.21. The fourth-order valence-electron chi connectivity index (χ4n) is 2.18. The van der Waals surface area contributed by atoms with Crippen molar-refractivity contribution in [1.82, 2.24) is 0 Å². The molecule has 0 amide bonds. The van der Waals surface area contributed by atoms with Crippen LogP contribution in [0.2, 0.25) is 0 Å². The first-order valence-electron chi connectivity index (χ1n) is 7.43. The molecule has 3 aromatic rings. The minimum absolute atomic E-state index is 0.133. The van der Waals surface area contributed by atoms with Crippen LogP contribution in [0.25, 0.3) is 11.0 Å². The second-order valence-corrected chi connectivity index (χ2v) is 5.43. The smallest absolute Gasteiger partial charge is 0.352 e. The van der Waals surface area contributed by atoms with Gasteiger partial charge >= 0.3 is 5.63 Å². The molecule has 3 nitrogen and oxygen atoms in total. The Labute approximate surface area is 134 Å². The average Bonchev–Trinajstić information content (AvgIpc) is 2.54. The zero-order valence-corrected chi connectivity index (χ0v) is 13.0. The molecule has 2 aromatic carbocycles. The van der Waals surface area contributed by atoms with Crippen molar-refractivity contribution in [3.05, 3.63) is 76.1 Å². The van der Waals surface area contributed by atoms with Gasteiger partial charge in [-0.3, -0.25) is 0 Å². The molecule has 23 heavy (non-hydrogen) atoms. The molecule has 1 heterocycles. The van der Waals surface area contributed by atoms with Gasteiger partial charge in [0.1, 0.15) is 16.9 Å². The average molecular weight is 304 g/mol. The summed E-state index contributed by atoms with van der Waals surface area (Å²) in [6.07, 6.45) is 0.133. The Balaban J connectivity index is 1.89. The number of para-hydroxylation sites is 1. The molecule has 0 radical (unpaired) electrons. The molecule has 0 bridgehead atoms. The summed E-state index contributed by atoms with van der Waals surface area (Å²) >= 11 is 0. The molecule has 0 fully saturated rings. The highest BCUT2D eigenvalue weighted by atomic mass is 16.5. The fourth-order valence-corrected chi connectivity index (χ4v) is 2.18. The molecule has 1 aromatic heterocycles. The van der Waals surface area contributed by atoms with Crippen LogP contribution in [0.4, 0.5) is 0 Å². The van der Waals surface area contributed by atoms with Crippen LogP contribution in [-0.2, 0) is 0 Å². The van der Waals surface area contributed by atoms with Crippen molar-refractivity contribution < 1.29 is 9.15 Å². The second kappa shape index (κ2) is 6.41. The molecule has 0 N–H and O–H groups in total. The van der Waals surface area contributed by atoms with E-state index >= 15 is 0 Å². The van der Waals surface area contributed by atoms with Crippen LogP contribution >= 0.6 is 0 Å². The number of ether oxygens (including phenoxy) is 1. The van der Waals surface area contributed by atoms with Gasteiger partial charge in [-0.2, -0.15) is 0 Å². The number of hydrogen-bond acceptors (Lipinski definition) is 3. The van der Waals surface area contributed by atoms with Gasteiger partial charge in [0.05, 0.1) is 6.10 Å². The van der Waals surface area contributed by atoms with Crippen molar-refractivity contribution in [2.24, 2.45) is 0 Å². The van der Waals surface area contributed by atoms with Gasteiger partial charge < -0.3 is 9.15 Å². The van der Waals surface area contributed by atoms with Crippen molar-refractivity contribution in [2.75, 3.05) is 0 Å². The highest BCUT2D eigenvalue weighted by Crippen LogP contribution is 2.14. The molecule has 0 saturated heterocycles. The maximum atomic E-state index is 11.9. The second-order valence-electron chi connectivity index (χ2n) is 5.43. The van der Waals surface area contributed by atoms with E-state index in [0.29, 0.717) is 11.1 Å². The third kappa shape index (κ3) is 3.61. The van der Waals surface area contributed by atoms with Crippen LogP contribution in [0.1, 0.15) is 25.0 Å². The van der Waals surface area contributed by atoms with E-state index in [2.05, 4.69) is 11.8 Å². The third-order valence-corrected chi connectivity index (χ3v) is 3.21. The van der Waals surface area contributed by atoms with Gasteiger partial charge in [-0.05, 0) is 50.2 Å². The van der Waals surface area contributed by atoms with E-state index in [1.807, 2.05) is 56.3 Å². The van der Waals surface area contributed by atoms with Gasteiger partial charge in [-0.25, -0.2) is 4.79 Å². The van der Waals surface area contributed by atoms with Gasteiger partial charge in [0.15, 0.2) is 0 Å². The molecule has 0 spiro atoms. The quantitative estimate of drug-likeness (QED) is 0.531. The highest BCUT2D eigenvalue weighted by molar-refractivity contribution is 5.77. The summed E-state index contributed by atoms with van der Waals surface area (Å²) in [5.41, 5.74) is 1.31. The Morgan fingerprint density at radius 1 is 1.00 bits per heavy atom. The standard InChI is InChI=1S/C20H16O3/c1-14(2)22-18-11-8-15(9-12-18)7-10-17-13-16-5-3-4-6-19(16)23-20(17)21/h3-6,8-9,11-14H,1-2H3. The molecule has 0 saturated carbocycles. The van der Waals surface area contributed by atoms with Gasteiger partial charge in [0.25, 0.3) is 0 Å². The highest BCUT2D eigenvalue weighted by Gasteiger charge is 2.02. The Kier molecular flexibility index (Phi) is 4.16. The van der Waals surface area contributed by atoms with Crippen LogP contribution in [0.15, 0.2) is 63.8 Å². The Morgan fingerprint density at radius 2 is 1.74 bits per heavy atom. The topological polar surface area (TPSA) is 39.4 Å². The van der Waals surface area contributed by atoms with Crippen molar-refractivity contribution in [2.45, 2.75) is 20.0 Å². The minimum atomic E-state index is -0.420. The predicted octanol–water partition coefficient (Wildman–Crippen LogP) is 3.98. The molecule has 114 valence electrons. The van der Waals surface area contributed by atoms with E-state index in [-0.39, 0.29) is 6.10 Å². The lowest BCUT2D eigenvalue weighted by Gasteiger charge is -2.08. The first kappa shape index (κ1) is 14.9. The predicted molar refractivity (Wildman–Crippen MR) is 90.7 cm³/mol. The number of rotatable bonds is 2. The van der Waals surface area contributed by atoms with Crippen molar-refractivity contribution in [1.29, 1.82) is 0 Å². The molecular weight excluding hydrogens is 288 g/mol. The minimum Gasteiger partial charge on any atom is -0.491 e. The summed E-state index contributed by atoms with van der Waals surface area (Å²) in [5.74, 6) is 6.67. The molecule has 3 heteroatoms. The molecule has 3 rings (SSSR count). The van der Waals surface area contributed by atoms with E-state index < -0.39 is 5.63 Å². The van der Waals surface area contributed by atoms with E-state index in [0.717, 1.165) is 16.7 Å². The molecular formula is C20H16O3. The monoisotopic (exact) mass is 304 g/mol. The van der Waals surface area contributed by atoms with Gasteiger partial charge in [0, 0.05) is 10.9 Å². The molecule has 0 atom stereocenters. The molecule has 0 aliphatic heterocycles. The zero-order valence-electron chi connectivity index (χ0n) is 13.0. The van der Waals surface area contributed by atoms with E-state index in [9.17, 15) is 4.79 Å². The number of hydrogen-bond donors (Lipinski definition) is 0. The van der Waals surface area contributed by atoms with Crippen LogP contribution in [0.3, 0.4) is 0 Å². The summed E-state index contributed by atoms with van der Waals surface area (Å²) in [4.78, 5) is 11.9. The Hall–Kier alpha value is -2.99. The summed E-state index contributed by atoms with van der Waals surface area (Å²) in [7, 11) is 0. The maximum Gasteiger partial charge on any atom is 0.352 e. The number of fused-ring (bicyclic) bond motifs is 1. The molecule has 0 aliphatic carbocycles. The summed E-state index contributed by atoms with van der Waals surface area (Å²) in [5, 5.41) is 0.858. The van der Waals surface area contributed by atoms with Crippen LogP contribution in [0, 0.1) is 11.8 Å². The first-order chi connectivity index (χ1) is 11.1. The van der Waals surface area contributed by atoms with E-state index in [1.165, 1.54) is 0 Å². The molecule has 0 unspecified atom stereocenters. The molecule has 0 aliphatic rings. The SMILES string of the molecule is CC(C)Oc1ccc(C#Cc2cc3ccccc3oc2=O)cc1. The van der Waals surface area contributed by atoms with Crippen LogP contribution in [-0.4, -0.2) is 6.10 Å². The van der Waals surface area contributed by atoms with Crippen molar-refractivity contribution >= 4 is 11.0 Å².